The Hall–Kier alpha value is -2.34. The highest BCUT2D eigenvalue weighted by Crippen LogP contribution is 2.06. The molecule has 2 aromatic rings. The maximum Gasteiger partial charge on any atom is 0.312 e. The topological polar surface area (TPSA) is 85.0 Å². The standard InChI is InChI=1S/C13H17N5O/c14-13(19)16-8-7-15-10-11-6-9-18(17-11)12-4-2-1-3-5-12/h1-6,9,15H,7-8,10H2,(H3,14,16,19). The van der Waals surface area contributed by atoms with Gasteiger partial charge in [-0.1, -0.05) is 18.2 Å². The molecular weight excluding hydrogens is 242 g/mol. The van der Waals surface area contributed by atoms with Crippen molar-refractivity contribution in [1.82, 2.24) is 20.4 Å². The first-order valence-electron chi connectivity index (χ1n) is 6.10. The van der Waals surface area contributed by atoms with Crippen LogP contribution in [0.15, 0.2) is 42.6 Å². The Morgan fingerprint density at radius 2 is 2.00 bits per heavy atom. The average Bonchev–Trinajstić information content (AvgIpc) is 2.88. The van der Waals surface area contributed by atoms with Crippen LogP contribution < -0.4 is 16.4 Å². The quantitative estimate of drug-likeness (QED) is 0.665. The zero-order valence-corrected chi connectivity index (χ0v) is 10.5. The van der Waals surface area contributed by atoms with Gasteiger partial charge < -0.3 is 16.4 Å². The van der Waals surface area contributed by atoms with E-state index in [-0.39, 0.29) is 0 Å². The molecule has 0 aliphatic rings. The third kappa shape index (κ3) is 4.11. The molecule has 0 spiro atoms. The summed E-state index contributed by atoms with van der Waals surface area (Å²) in [5.41, 5.74) is 6.94. The second kappa shape index (κ2) is 6.55. The van der Waals surface area contributed by atoms with Gasteiger partial charge in [0.15, 0.2) is 0 Å². The van der Waals surface area contributed by atoms with E-state index in [1.54, 1.807) is 0 Å². The van der Waals surface area contributed by atoms with E-state index in [1.807, 2.05) is 47.3 Å². The number of carbonyl (C=O) groups is 1. The van der Waals surface area contributed by atoms with Gasteiger partial charge in [0.25, 0.3) is 0 Å². The van der Waals surface area contributed by atoms with Crippen LogP contribution in [0.1, 0.15) is 5.69 Å². The fourth-order valence-corrected chi connectivity index (χ4v) is 1.67. The summed E-state index contributed by atoms with van der Waals surface area (Å²) in [5, 5.41) is 10.1. The second-order valence-electron chi connectivity index (χ2n) is 4.05. The number of nitrogens with two attached hydrogens (primary N) is 1. The van der Waals surface area contributed by atoms with Gasteiger partial charge in [0.2, 0.25) is 0 Å². The number of para-hydroxylation sites is 1. The Morgan fingerprint density at radius 3 is 2.74 bits per heavy atom. The van der Waals surface area contributed by atoms with Crippen molar-refractivity contribution in [3.8, 4) is 5.69 Å². The molecule has 6 nitrogen and oxygen atoms in total. The SMILES string of the molecule is NC(=O)NCCNCc1ccn(-c2ccccc2)n1. The molecular formula is C13H17N5O. The molecule has 0 aliphatic carbocycles. The molecule has 0 radical (unpaired) electrons. The first-order valence-corrected chi connectivity index (χ1v) is 6.10. The summed E-state index contributed by atoms with van der Waals surface area (Å²) < 4.78 is 1.83. The number of hydrogen-bond donors (Lipinski definition) is 3. The first-order chi connectivity index (χ1) is 9.25. The summed E-state index contributed by atoms with van der Waals surface area (Å²) in [4.78, 5) is 10.5. The Bertz CT molecular complexity index is 523. The van der Waals surface area contributed by atoms with E-state index >= 15 is 0 Å². The Labute approximate surface area is 111 Å². The van der Waals surface area contributed by atoms with E-state index < -0.39 is 6.03 Å². The van der Waals surface area contributed by atoms with Crippen molar-refractivity contribution in [1.29, 1.82) is 0 Å². The molecule has 1 aromatic carbocycles. The maximum absolute atomic E-state index is 10.5. The summed E-state index contributed by atoms with van der Waals surface area (Å²) in [6, 6.07) is 11.4. The zero-order chi connectivity index (χ0) is 13.5. The van der Waals surface area contributed by atoms with Crippen LogP contribution in [0.2, 0.25) is 0 Å². The molecule has 1 aromatic heterocycles. The minimum atomic E-state index is -0.504. The lowest BCUT2D eigenvalue weighted by Gasteiger charge is -2.03. The van der Waals surface area contributed by atoms with Gasteiger partial charge in [-0.2, -0.15) is 5.10 Å². The fourth-order valence-electron chi connectivity index (χ4n) is 1.67. The predicted octanol–water partition coefficient (Wildman–Crippen LogP) is 0.630. The van der Waals surface area contributed by atoms with E-state index in [2.05, 4.69) is 15.7 Å². The predicted molar refractivity (Wildman–Crippen MR) is 72.9 cm³/mol. The minimum Gasteiger partial charge on any atom is -0.352 e. The van der Waals surface area contributed by atoms with Crippen LogP contribution in [-0.2, 0) is 6.54 Å². The molecule has 0 aliphatic heterocycles. The van der Waals surface area contributed by atoms with Crippen molar-refractivity contribution >= 4 is 6.03 Å². The summed E-state index contributed by atoms with van der Waals surface area (Å²) in [7, 11) is 0. The van der Waals surface area contributed by atoms with Gasteiger partial charge in [0.1, 0.15) is 0 Å². The van der Waals surface area contributed by atoms with E-state index in [9.17, 15) is 4.79 Å². The number of rotatable bonds is 6. The van der Waals surface area contributed by atoms with Crippen LogP contribution in [0.3, 0.4) is 0 Å². The molecule has 0 saturated carbocycles. The fraction of sp³-hybridized carbons (Fsp3) is 0.231. The first kappa shape index (κ1) is 13.1. The number of nitrogens with one attached hydrogen (secondary N) is 2. The third-order valence-electron chi connectivity index (χ3n) is 2.57. The lowest BCUT2D eigenvalue weighted by Crippen LogP contribution is -2.35. The van der Waals surface area contributed by atoms with Crippen LogP contribution >= 0.6 is 0 Å². The number of carbonyl (C=O) groups excluding carboxylic acids is 1. The summed E-state index contributed by atoms with van der Waals surface area (Å²) in [5.74, 6) is 0. The number of amides is 2. The van der Waals surface area contributed by atoms with Crippen LogP contribution in [0.5, 0.6) is 0 Å². The molecule has 6 heteroatoms. The number of hydrogen-bond acceptors (Lipinski definition) is 3. The molecule has 0 bridgehead atoms. The number of aromatic nitrogens is 2. The largest absolute Gasteiger partial charge is 0.352 e. The van der Waals surface area contributed by atoms with Crippen molar-refractivity contribution in [2.75, 3.05) is 13.1 Å². The normalized spacial score (nSPS) is 10.3. The molecule has 1 heterocycles. The van der Waals surface area contributed by atoms with Crippen molar-refractivity contribution in [3.63, 3.8) is 0 Å². The van der Waals surface area contributed by atoms with Gasteiger partial charge in [-0.05, 0) is 18.2 Å². The number of nitrogens with zero attached hydrogens (tertiary/aromatic N) is 2. The summed E-state index contributed by atoms with van der Waals surface area (Å²) >= 11 is 0. The van der Waals surface area contributed by atoms with Gasteiger partial charge in [-0.15, -0.1) is 0 Å². The molecule has 2 amide bonds. The summed E-state index contributed by atoms with van der Waals surface area (Å²) in [6.45, 7) is 1.82. The lowest BCUT2D eigenvalue weighted by atomic mass is 10.3. The molecule has 0 unspecified atom stereocenters. The highest BCUT2D eigenvalue weighted by molar-refractivity contribution is 5.71. The van der Waals surface area contributed by atoms with E-state index in [0.717, 1.165) is 11.4 Å². The van der Waals surface area contributed by atoms with Gasteiger partial charge >= 0.3 is 6.03 Å². The van der Waals surface area contributed by atoms with Crippen LogP contribution in [-0.4, -0.2) is 28.9 Å². The van der Waals surface area contributed by atoms with E-state index in [0.29, 0.717) is 19.6 Å². The molecule has 4 N–H and O–H groups in total. The summed E-state index contributed by atoms with van der Waals surface area (Å²) in [6.07, 6.45) is 1.92. The zero-order valence-electron chi connectivity index (χ0n) is 10.5. The smallest absolute Gasteiger partial charge is 0.312 e. The number of primary amides is 1. The van der Waals surface area contributed by atoms with Crippen LogP contribution in [0.4, 0.5) is 4.79 Å². The highest BCUT2D eigenvalue weighted by Gasteiger charge is 2.00. The average molecular weight is 259 g/mol. The van der Waals surface area contributed by atoms with Crippen molar-refractivity contribution in [2.24, 2.45) is 5.73 Å². The molecule has 2 rings (SSSR count). The number of urea groups is 1. The Morgan fingerprint density at radius 1 is 1.21 bits per heavy atom. The number of benzene rings is 1. The second-order valence-corrected chi connectivity index (χ2v) is 4.05. The highest BCUT2D eigenvalue weighted by atomic mass is 16.2. The van der Waals surface area contributed by atoms with Gasteiger partial charge in [0, 0.05) is 25.8 Å². The van der Waals surface area contributed by atoms with Crippen molar-refractivity contribution in [2.45, 2.75) is 6.54 Å². The van der Waals surface area contributed by atoms with Gasteiger partial charge in [0.05, 0.1) is 11.4 Å². The minimum absolute atomic E-state index is 0.504. The molecule has 100 valence electrons. The molecule has 0 saturated heterocycles. The van der Waals surface area contributed by atoms with Gasteiger partial charge in [-0.3, -0.25) is 0 Å². The van der Waals surface area contributed by atoms with Gasteiger partial charge in [-0.25, -0.2) is 9.48 Å². The van der Waals surface area contributed by atoms with E-state index in [4.69, 9.17) is 5.73 Å². The van der Waals surface area contributed by atoms with Crippen LogP contribution in [0.25, 0.3) is 5.69 Å². The van der Waals surface area contributed by atoms with Crippen LogP contribution in [0, 0.1) is 0 Å². The Balaban J connectivity index is 1.80. The monoisotopic (exact) mass is 259 g/mol. The Kier molecular flexibility index (Phi) is 4.52. The molecule has 0 fully saturated rings. The van der Waals surface area contributed by atoms with Crippen molar-refractivity contribution < 1.29 is 4.79 Å². The maximum atomic E-state index is 10.5. The van der Waals surface area contributed by atoms with E-state index in [1.165, 1.54) is 0 Å². The van der Waals surface area contributed by atoms with Crippen molar-refractivity contribution in [3.05, 3.63) is 48.3 Å². The lowest BCUT2D eigenvalue weighted by molar-refractivity contribution is 0.249. The third-order valence-corrected chi connectivity index (χ3v) is 2.57. The molecule has 0 atom stereocenters. The molecule has 19 heavy (non-hydrogen) atoms.